The van der Waals surface area contributed by atoms with E-state index in [9.17, 15) is 41.5 Å². The van der Waals surface area contributed by atoms with Crippen LogP contribution in [0.3, 0.4) is 0 Å². The molecule has 16 nitrogen and oxygen atoms in total. The summed E-state index contributed by atoms with van der Waals surface area (Å²) in [4.78, 5) is 74.7. The zero-order chi connectivity index (χ0) is 55.1. The first kappa shape index (κ1) is 62.5. The predicted octanol–water partition coefficient (Wildman–Crippen LogP) is 5.01. The summed E-state index contributed by atoms with van der Waals surface area (Å²) in [5.74, 6) is -0.990. The number of cyclic esters (lactones) is 1. The second-order valence-electron chi connectivity index (χ2n) is 21.5. The molecule has 2 N–H and O–H groups in total. The van der Waals surface area contributed by atoms with E-state index in [1.807, 2.05) is 58.4 Å². The third-order valence-corrected chi connectivity index (χ3v) is 15.6. The van der Waals surface area contributed by atoms with Crippen molar-refractivity contribution in [1.29, 1.82) is 0 Å². The van der Waals surface area contributed by atoms with E-state index in [1.54, 1.807) is 31.9 Å². The van der Waals surface area contributed by atoms with Gasteiger partial charge >= 0.3 is 63.5 Å². The number of benzene rings is 1. The topological polar surface area (TPSA) is 172 Å². The summed E-state index contributed by atoms with van der Waals surface area (Å²) in [6, 6.07) is 6.71. The van der Waals surface area contributed by atoms with Gasteiger partial charge < -0.3 is 48.7 Å². The summed E-state index contributed by atoms with van der Waals surface area (Å²) < 4.78 is 69.9. The van der Waals surface area contributed by atoms with Gasteiger partial charge in [0.2, 0.25) is 5.91 Å². The molecule has 0 aliphatic carbocycles. The van der Waals surface area contributed by atoms with Crippen molar-refractivity contribution in [2.45, 2.75) is 116 Å². The van der Waals surface area contributed by atoms with Crippen LogP contribution in [0.25, 0.3) is 33.4 Å². The Kier molecular flexibility index (Phi) is 22.0. The zero-order valence-corrected chi connectivity index (χ0v) is 50.1. The number of likely N-dealkylation sites (N-methyl/N-ethyl adjacent to an activating group) is 1. The van der Waals surface area contributed by atoms with Gasteiger partial charge in [0.25, 0.3) is 11.5 Å². The molecule has 1 spiro atoms. The Morgan fingerprint density at radius 1 is 1.06 bits per heavy atom. The van der Waals surface area contributed by atoms with Gasteiger partial charge in [-0.15, -0.1) is 17.8 Å². The van der Waals surface area contributed by atoms with Crippen LogP contribution in [0.4, 0.5) is 23.2 Å². The molecule has 23 heteroatoms. The Bertz CT molecular complexity index is 2720. The van der Waals surface area contributed by atoms with Crippen LogP contribution in [0.1, 0.15) is 95.5 Å². The number of pyridine rings is 1. The quantitative estimate of drug-likeness (QED) is 0.0797. The van der Waals surface area contributed by atoms with Crippen molar-refractivity contribution >= 4 is 69.5 Å². The number of aromatic nitrogens is 3. The van der Waals surface area contributed by atoms with Gasteiger partial charge in [0.15, 0.2) is 0 Å². The summed E-state index contributed by atoms with van der Waals surface area (Å²) >= 11 is 6.53. The van der Waals surface area contributed by atoms with Gasteiger partial charge in [-0.1, -0.05) is 51.3 Å². The van der Waals surface area contributed by atoms with Gasteiger partial charge in [-0.25, -0.2) is 14.8 Å². The number of likely N-dealkylation sites (tertiary alicyclic amines) is 1. The van der Waals surface area contributed by atoms with Gasteiger partial charge in [-0.2, -0.15) is 19.6 Å². The maximum atomic E-state index is 14.7. The van der Waals surface area contributed by atoms with Crippen LogP contribution in [0.2, 0.25) is 0 Å². The number of hydrogen-bond donors (Lipinski definition) is 2. The number of nitrogens with zero attached hydrogens (tertiary/aromatic N) is 7. The van der Waals surface area contributed by atoms with E-state index in [1.165, 1.54) is 25.8 Å². The van der Waals surface area contributed by atoms with Crippen molar-refractivity contribution in [1.82, 2.24) is 40.1 Å². The van der Waals surface area contributed by atoms with Crippen LogP contribution in [-0.4, -0.2) is 150 Å². The molecule has 4 unspecified atom stereocenters. The van der Waals surface area contributed by atoms with Crippen molar-refractivity contribution in [3.63, 3.8) is 0 Å². The van der Waals surface area contributed by atoms with Gasteiger partial charge in [0, 0.05) is 92.3 Å². The number of methoxy groups -OCH3 is 1. The third kappa shape index (κ3) is 15.8. The standard InChI is InChI=1S/C39H47F3N7O4S.C10H14ClFN2O2.C5H9O.K/c1-24(52-5)35-28(18-26(20-43-35)47-15-13-46(4)14-16-47)36-29-19-38(2,3)23-53-37(51)30-7-6-12-49(45-30)34(50)11-10-33-44-31(21-54-33)25-8-9-32(27(29)17-25)48(36)22-39(40,41)42;11-7(12)8(15)14-5-3-10(6-14)2-1-4-13-9(10)16;1-5(2)3-4-6;/h8-9,11,17-18,20-21,24,30,45H,6-7,10,12-16,19,22-23H2,1-5H3;7H,1-6H2,(H,13,16);5H,3H2,1-2H3;/q-1;;-1;+1. The summed E-state index contributed by atoms with van der Waals surface area (Å²) in [6.45, 7) is 13.6. The fourth-order valence-corrected chi connectivity index (χ4v) is 11.2. The minimum atomic E-state index is -4.54. The molecule has 3 aromatic heterocycles. The number of anilines is 1. The number of rotatable bonds is 8. The van der Waals surface area contributed by atoms with Crippen LogP contribution < -0.4 is 67.0 Å². The third-order valence-electron chi connectivity index (χ3n) is 14.5. The van der Waals surface area contributed by atoms with Crippen molar-refractivity contribution in [3.8, 4) is 22.5 Å². The fourth-order valence-electron chi connectivity index (χ4n) is 10.3. The van der Waals surface area contributed by atoms with Crippen LogP contribution >= 0.6 is 22.9 Å². The number of fused-ring (bicyclic) bond motifs is 6. The molecule has 8 heterocycles. The van der Waals surface area contributed by atoms with E-state index in [0.717, 1.165) is 50.3 Å². The van der Waals surface area contributed by atoms with Crippen LogP contribution in [0.15, 0.2) is 35.8 Å². The summed E-state index contributed by atoms with van der Waals surface area (Å²) in [6.07, 6.45) is 4.65. The Morgan fingerprint density at radius 3 is 2.45 bits per heavy atom. The minimum Gasteiger partial charge on any atom is -0.542 e. The monoisotopic (exact) mass is 1140 g/mol. The average Bonchev–Trinajstić information content (AvgIpc) is 4.12. The number of esters is 1. The fraction of sp³-hybridized carbons (Fsp3) is 0.593. The molecule has 6 bridgehead atoms. The Balaban J connectivity index is 0.000000346. The number of hydrogen-bond acceptors (Lipinski definition) is 13. The van der Waals surface area contributed by atoms with Gasteiger partial charge in [0.05, 0.1) is 58.0 Å². The number of nitrogens with one attached hydrogen (secondary N) is 2. The van der Waals surface area contributed by atoms with Gasteiger partial charge in [-0.05, 0) is 76.3 Å². The second kappa shape index (κ2) is 27.2. The minimum absolute atomic E-state index is 0. The van der Waals surface area contributed by atoms with Gasteiger partial charge in [-0.3, -0.25) is 32.1 Å². The van der Waals surface area contributed by atoms with E-state index in [0.29, 0.717) is 108 Å². The Morgan fingerprint density at radius 2 is 1.81 bits per heavy atom. The smallest absolute Gasteiger partial charge is 0.542 e. The molecular weight excluding hydrogens is 1070 g/mol. The first-order chi connectivity index (χ1) is 36.0. The number of carbonyl (C=O) groups is 4. The summed E-state index contributed by atoms with van der Waals surface area (Å²) in [7, 11) is 3.64. The molecule has 9 rings (SSSR count). The molecule has 0 radical (unpaired) electrons. The summed E-state index contributed by atoms with van der Waals surface area (Å²) in [5, 5.41) is 7.53. The summed E-state index contributed by atoms with van der Waals surface area (Å²) in [5.41, 5.74) is 4.69. The largest absolute Gasteiger partial charge is 1.00 e. The molecule has 3 amide bonds. The molecule has 5 aliphatic rings. The SMILES string of the molecule is CC(C)C[C-]=O.COC(C)c1ncc(N2CCN(C)CC2)cc1-c1c2c3cc(ccc3n1CC(F)(F)F)-c1csc(n1)C[CH-]C(=O)N1CCCC(N1)C(=O)OCC(C)(C)C2.O=C(C(F)Cl)N1CCC2(CCCNC2=O)C1.[K+]. The van der Waals surface area contributed by atoms with E-state index in [4.69, 9.17) is 31.0 Å². The van der Waals surface area contributed by atoms with E-state index >= 15 is 0 Å². The predicted molar refractivity (Wildman–Crippen MR) is 284 cm³/mol. The van der Waals surface area contributed by atoms with Crippen LogP contribution in [-0.2, 0) is 52.8 Å². The number of piperazine rings is 1. The molecule has 4 fully saturated rings. The molecule has 4 saturated heterocycles. The maximum absolute atomic E-state index is 14.7. The number of amides is 3. The van der Waals surface area contributed by atoms with Crippen molar-refractivity contribution in [2.75, 3.05) is 78.0 Å². The Hall–Kier alpha value is -3.71. The normalized spacial score (nSPS) is 21.9. The maximum Gasteiger partial charge on any atom is 1.00 e. The first-order valence-electron chi connectivity index (χ1n) is 25.9. The molecule has 1 aromatic carbocycles. The molecule has 0 saturated carbocycles. The zero-order valence-electron chi connectivity index (χ0n) is 45.4. The number of carbonyl (C=O) groups excluding carboxylic acids is 5. The first-order valence-corrected chi connectivity index (χ1v) is 27.2. The number of hydrazine groups is 1. The number of halogens is 5. The Labute approximate surface area is 500 Å². The molecular formula is C54H70ClF4KN9O7S-. The van der Waals surface area contributed by atoms with Crippen molar-refractivity contribution in [2.24, 2.45) is 16.7 Å². The van der Waals surface area contributed by atoms with Crippen molar-refractivity contribution < 1.29 is 102 Å². The van der Waals surface area contributed by atoms with Crippen LogP contribution in [0.5, 0.6) is 0 Å². The average molecular weight is 1140 g/mol. The molecule has 5 aliphatic heterocycles. The number of ether oxygens (including phenoxy) is 2. The molecule has 4 aromatic rings. The van der Waals surface area contributed by atoms with Crippen LogP contribution in [0, 0.1) is 23.2 Å². The number of thiazole rings is 1. The molecule has 416 valence electrons. The molecule has 77 heavy (non-hydrogen) atoms. The second-order valence-corrected chi connectivity index (χ2v) is 22.9. The van der Waals surface area contributed by atoms with E-state index < -0.39 is 53.2 Å². The molecule has 4 atom stereocenters. The number of alkyl halides is 5. The van der Waals surface area contributed by atoms with E-state index in [2.05, 4.69) is 27.6 Å². The number of piperidine rings is 1. The van der Waals surface area contributed by atoms with Gasteiger partial charge in [0.1, 0.15) is 12.6 Å². The van der Waals surface area contributed by atoms with Crippen molar-refractivity contribution in [3.05, 3.63) is 58.5 Å². The van der Waals surface area contributed by atoms with E-state index in [-0.39, 0.29) is 76.2 Å².